The molecule has 0 heterocycles. The molecular weight excluding hydrogens is 288 g/mol. The Morgan fingerprint density at radius 1 is 1.55 bits per heavy atom. The average molecular weight is 304 g/mol. The molecule has 8 nitrogen and oxygen atoms in total. The molecule has 0 saturated heterocycles. The first-order chi connectivity index (χ1) is 10.5. The second-order valence-electron chi connectivity index (χ2n) is 4.22. The molecule has 0 saturated carbocycles. The Labute approximate surface area is 127 Å². The number of carbonyl (C=O) groups is 1. The Hall–Kier alpha value is -3.08. The summed E-state index contributed by atoms with van der Waals surface area (Å²) in [5.74, 6) is -0.486. The molecule has 0 aromatic heterocycles. The lowest BCUT2D eigenvalue weighted by atomic mass is 10.2. The summed E-state index contributed by atoms with van der Waals surface area (Å²) < 4.78 is 5.01. The lowest BCUT2D eigenvalue weighted by Crippen LogP contribution is -2.17. The number of nitrogens with one attached hydrogen (secondary N) is 2. The zero-order valence-electron chi connectivity index (χ0n) is 12.3. The molecule has 22 heavy (non-hydrogen) atoms. The summed E-state index contributed by atoms with van der Waals surface area (Å²) in [5, 5.41) is 25.0. The highest BCUT2D eigenvalue weighted by molar-refractivity contribution is 6.07. The van der Waals surface area contributed by atoms with E-state index in [1.54, 1.807) is 6.07 Å². The van der Waals surface area contributed by atoms with E-state index >= 15 is 0 Å². The molecule has 8 heteroatoms. The minimum Gasteiger partial charge on any atom is -0.494 e. The number of benzene rings is 1. The van der Waals surface area contributed by atoms with E-state index in [1.807, 2.05) is 6.92 Å². The van der Waals surface area contributed by atoms with Gasteiger partial charge >= 0.3 is 0 Å². The topological polar surface area (TPSA) is 117 Å². The maximum Gasteiger partial charge on any atom is 0.273 e. The van der Waals surface area contributed by atoms with Crippen LogP contribution in [0.15, 0.2) is 30.0 Å². The first-order valence-corrected chi connectivity index (χ1v) is 6.50. The van der Waals surface area contributed by atoms with E-state index in [1.165, 1.54) is 31.5 Å². The zero-order chi connectivity index (χ0) is 16.5. The highest BCUT2D eigenvalue weighted by Gasteiger charge is 2.15. The van der Waals surface area contributed by atoms with Crippen molar-refractivity contribution in [1.29, 1.82) is 5.26 Å². The van der Waals surface area contributed by atoms with Crippen LogP contribution in [-0.2, 0) is 4.79 Å². The number of non-ortho nitro benzene ring substituents is 1. The molecule has 0 bridgehead atoms. The molecule has 1 amide bonds. The van der Waals surface area contributed by atoms with E-state index in [0.717, 1.165) is 6.42 Å². The quantitative estimate of drug-likeness (QED) is 0.261. The molecule has 1 aromatic carbocycles. The maximum absolute atomic E-state index is 12.0. The van der Waals surface area contributed by atoms with Gasteiger partial charge in [0.2, 0.25) is 0 Å². The van der Waals surface area contributed by atoms with Crippen molar-refractivity contribution in [1.82, 2.24) is 5.32 Å². The second-order valence-corrected chi connectivity index (χ2v) is 4.22. The summed E-state index contributed by atoms with van der Waals surface area (Å²) in [6.07, 6.45) is 2.18. The molecular formula is C14H16N4O4. The van der Waals surface area contributed by atoms with E-state index in [9.17, 15) is 14.9 Å². The third-order valence-electron chi connectivity index (χ3n) is 2.65. The van der Waals surface area contributed by atoms with E-state index < -0.39 is 10.8 Å². The van der Waals surface area contributed by atoms with Crippen LogP contribution in [0.25, 0.3) is 0 Å². The maximum atomic E-state index is 12.0. The molecule has 0 aliphatic rings. The Bertz CT molecular complexity index is 634. The molecule has 0 atom stereocenters. The standard InChI is InChI=1S/C14H16N4O4/c1-3-6-16-9-10(8-15)14(19)17-12-5-4-11(18(20)21)7-13(12)22-2/h4-5,7,9,16H,3,6H2,1-2H3,(H,17,19)/b10-9-. The van der Waals surface area contributed by atoms with Gasteiger partial charge in [0.05, 0.1) is 23.8 Å². The van der Waals surface area contributed by atoms with Gasteiger partial charge in [0.1, 0.15) is 17.4 Å². The van der Waals surface area contributed by atoms with Crippen molar-refractivity contribution in [2.24, 2.45) is 0 Å². The molecule has 1 rings (SSSR count). The molecule has 1 aromatic rings. The van der Waals surface area contributed by atoms with Gasteiger partial charge in [0, 0.05) is 18.8 Å². The van der Waals surface area contributed by atoms with Crippen molar-refractivity contribution in [3.05, 3.63) is 40.1 Å². The van der Waals surface area contributed by atoms with Crippen LogP contribution in [0, 0.1) is 21.4 Å². The number of ether oxygens (including phenoxy) is 1. The predicted octanol–water partition coefficient (Wildman–Crippen LogP) is 1.95. The molecule has 0 unspecified atom stereocenters. The number of anilines is 1. The summed E-state index contributed by atoms with van der Waals surface area (Å²) in [4.78, 5) is 22.1. The number of hydrogen-bond acceptors (Lipinski definition) is 6. The smallest absolute Gasteiger partial charge is 0.273 e. The summed E-state index contributed by atoms with van der Waals surface area (Å²) in [6, 6.07) is 5.57. The summed E-state index contributed by atoms with van der Waals surface area (Å²) in [6.45, 7) is 2.59. The van der Waals surface area contributed by atoms with E-state index in [4.69, 9.17) is 10.00 Å². The van der Waals surface area contributed by atoms with Gasteiger partial charge in [0.25, 0.3) is 11.6 Å². The minimum absolute atomic E-state index is 0.103. The number of nitro benzene ring substituents is 1. The number of amides is 1. The highest BCUT2D eigenvalue weighted by Crippen LogP contribution is 2.29. The molecule has 0 aliphatic heterocycles. The molecule has 0 spiro atoms. The third kappa shape index (κ3) is 4.49. The fourth-order valence-electron chi connectivity index (χ4n) is 1.55. The van der Waals surface area contributed by atoms with E-state index in [-0.39, 0.29) is 22.7 Å². The molecule has 0 fully saturated rings. The Balaban J connectivity index is 2.94. The van der Waals surface area contributed by atoms with Crippen molar-refractivity contribution in [2.45, 2.75) is 13.3 Å². The first-order valence-electron chi connectivity index (χ1n) is 6.50. The summed E-state index contributed by atoms with van der Waals surface area (Å²) >= 11 is 0. The van der Waals surface area contributed by atoms with Crippen molar-refractivity contribution in [3.8, 4) is 11.8 Å². The van der Waals surface area contributed by atoms with Gasteiger partial charge in [-0.3, -0.25) is 14.9 Å². The van der Waals surface area contributed by atoms with Crippen molar-refractivity contribution in [2.75, 3.05) is 19.0 Å². The van der Waals surface area contributed by atoms with Crippen LogP contribution in [0.5, 0.6) is 5.75 Å². The van der Waals surface area contributed by atoms with Crippen LogP contribution < -0.4 is 15.4 Å². The van der Waals surface area contributed by atoms with Gasteiger partial charge in [-0.25, -0.2) is 0 Å². The molecule has 2 N–H and O–H groups in total. The van der Waals surface area contributed by atoms with Crippen molar-refractivity contribution >= 4 is 17.3 Å². The predicted molar refractivity (Wildman–Crippen MR) is 80.3 cm³/mol. The highest BCUT2D eigenvalue weighted by atomic mass is 16.6. The van der Waals surface area contributed by atoms with Gasteiger partial charge in [-0.15, -0.1) is 0 Å². The van der Waals surface area contributed by atoms with Gasteiger partial charge < -0.3 is 15.4 Å². The SMILES string of the molecule is CCCN/C=C(/C#N)C(=O)Nc1ccc([N+](=O)[O-])cc1OC. The van der Waals surface area contributed by atoms with E-state index in [0.29, 0.717) is 6.54 Å². The Morgan fingerprint density at radius 3 is 2.82 bits per heavy atom. The Kier molecular flexibility index (Phi) is 6.37. The van der Waals surface area contributed by atoms with Gasteiger partial charge in [-0.2, -0.15) is 5.26 Å². The normalized spacial score (nSPS) is 10.5. The molecule has 116 valence electrons. The van der Waals surface area contributed by atoms with Gasteiger partial charge in [-0.1, -0.05) is 6.92 Å². The van der Waals surface area contributed by atoms with Crippen molar-refractivity contribution < 1.29 is 14.5 Å². The monoisotopic (exact) mass is 304 g/mol. The van der Waals surface area contributed by atoms with Crippen LogP contribution in [0.3, 0.4) is 0 Å². The number of carbonyl (C=O) groups excluding carboxylic acids is 1. The van der Waals surface area contributed by atoms with Crippen LogP contribution in [0.2, 0.25) is 0 Å². The number of methoxy groups -OCH3 is 1. The fraction of sp³-hybridized carbons (Fsp3) is 0.286. The third-order valence-corrected chi connectivity index (χ3v) is 2.65. The second kappa shape index (κ2) is 8.26. The average Bonchev–Trinajstić information content (AvgIpc) is 2.51. The zero-order valence-corrected chi connectivity index (χ0v) is 12.3. The largest absolute Gasteiger partial charge is 0.494 e. The van der Waals surface area contributed by atoms with Crippen molar-refractivity contribution in [3.63, 3.8) is 0 Å². The number of nitro groups is 1. The lowest BCUT2D eigenvalue weighted by Gasteiger charge is -2.09. The summed E-state index contributed by atoms with van der Waals surface area (Å²) in [7, 11) is 1.33. The van der Waals surface area contributed by atoms with Crippen LogP contribution in [0.1, 0.15) is 13.3 Å². The van der Waals surface area contributed by atoms with Gasteiger partial charge in [-0.05, 0) is 12.5 Å². The first kappa shape index (κ1) is 17.0. The number of nitrogens with zero attached hydrogens (tertiary/aromatic N) is 2. The molecule has 0 radical (unpaired) electrons. The van der Waals surface area contributed by atoms with Crippen LogP contribution in [0.4, 0.5) is 11.4 Å². The fourth-order valence-corrected chi connectivity index (χ4v) is 1.55. The van der Waals surface area contributed by atoms with Crippen LogP contribution >= 0.6 is 0 Å². The molecule has 0 aliphatic carbocycles. The number of hydrogen-bond donors (Lipinski definition) is 2. The lowest BCUT2D eigenvalue weighted by molar-refractivity contribution is -0.384. The number of nitriles is 1. The van der Waals surface area contributed by atoms with E-state index in [2.05, 4.69) is 10.6 Å². The number of rotatable bonds is 7. The summed E-state index contributed by atoms with van der Waals surface area (Å²) in [5.41, 5.74) is -0.0147. The van der Waals surface area contributed by atoms with Gasteiger partial charge in [0.15, 0.2) is 0 Å². The minimum atomic E-state index is -0.627. The van der Waals surface area contributed by atoms with Crippen LogP contribution in [-0.4, -0.2) is 24.5 Å². The Morgan fingerprint density at radius 2 is 2.27 bits per heavy atom.